The molecular formula is C28H28ClFN4O4. The topological polar surface area (TPSA) is 104 Å². The van der Waals surface area contributed by atoms with Crippen LogP contribution in [0, 0.1) is 0 Å². The molecule has 4 heterocycles. The number of hydrogen-bond acceptors (Lipinski definition) is 7. The summed E-state index contributed by atoms with van der Waals surface area (Å²) in [6, 6.07) is 18.2. The third-order valence-electron chi connectivity index (χ3n) is 7.15. The maximum atomic E-state index is 13.5. The van der Waals surface area contributed by atoms with E-state index >= 15 is 0 Å². The number of fused-ring (bicyclic) bond motifs is 1. The van der Waals surface area contributed by atoms with Gasteiger partial charge in [0.1, 0.15) is 18.4 Å². The van der Waals surface area contributed by atoms with Crippen LogP contribution in [0.25, 0.3) is 33.5 Å². The Bertz CT molecular complexity index is 1420. The number of H-pyrrole nitrogens is 1. The number of nitrogens with zero attached hydrogens (tertiary/aromatic N) is 3. The molecule has 4 aromatic rings. The van der Waals surface area contributed by atoms with Crippen LogP contribution in [0.2, 0.25) is 5.02 Å². The summed E-state index contributed by atoms with van der Waals surface area (Å²) in [5.74, 6) is 0. The third-order valence-corrected chi connectivity index (χ3v) is 7.44. The number of anilines is 1. The van der Waals surface area contributed by atoms with E-state index in [-0.39, 0.29) is 19.2 Å². The monoisotopic (exact) mass is 538 g/mol. The Morgan fingerprint density at radius 3 is 2.45 bits per heavy atom. The van der Waals surface area contributed by atoms with Gasteiger partial charge in [-0.2, -0.15) is 4.98 Å². The van der Waals surface area contributed by atoms with Crippen molar-refractivity contribution in [3.8, 4) is 28.4 Å². The van der Waals surface area contributed by atoms with Gasteiger partial charge in [0.2, 0.25) is 0 Å². The van der Waals surface area contributed by atoms with Crippen LogP contribution in [-0.2, 0) is 4.74 Å². The number of alkyl halides is 1. The van der Waals surface area contributed by atoms with E-state index in [1.807, 2.05) is 36.4 Å². The summed E-state index contributed by atoms with van der Waals surface area (Å²) >= 11 is 6.58. The number of aliphatic hydroxyl groups excluding tert-OH is 2. The van der Waals surface area contributed by atoms with E-state index in [0.717, 1.165) is 28.9 Å². The number of aliphatic hydroxyl groups is 2. The molecule has 0 spiro atoms. The van der Waals surface area contributed by atoms with E-state index in [4.69, 9.17) is 21.1 Å². The Balaban J connectivity index is 1.17. The number of ether oxygens (including phenoxy) is 2. The van der Waals surface area contributed by atoms with Crippen LogP contribution in [0.15, 0.2) is 54.6 Å². The Hall–Kier alpha value is -3.24. The first-order chi connectivity index (χ1) is 18.5. The molecule has 0 unspecified atom stereocenters. The van der Waals surface area contributed by atoms with Crippen molar-refractivity contribution in [2.75, 3.05) is 31.2 Å². The molecule has 0 amide bonds. The molecule has 0 bridgehead atoms. The van der Waals surface area contributed by atoms with Crippen molar-refractivity contribution in [2.24, 2.45) is 0 Å². The Kier molecular flexibility index (Phi) is 6.92. The average Bonchev–Trinajstić information content (AvgIpc) is 3.53. The van der Waals surface area contributed by atoms with Gasteiger partial charge in [0.15, 0.2) is 5.65 Å². The molecule has 38 heavy (non-hydrogen) atoms. The molecule has 0 radical (unpaired) electrons. The first-order valence-electron chi connectivity index (χ1n) is 12.7. The molecule has 4 atom stereocenters. The quantitative estimate of drug-likeness (QED) is 0.334. The summed E-state index contributed by atoms with van der Waals surface area (Å²) < 4.78 is 24.9. The van der Waals surface area contributed by atoms with E-state index in [2.05, 4.69) is 32.0 Å². The first-order valence-corrected chi connectivity index (χ1v) is 13.1. The van der Waals surface area contributed by atoms with E-state index < -0.39 is 24.5 Å². The molecule has 2 aromatic carbocycles. The van der Waals surface area contributed by atoms with Crippen LogP contribution in [0.4, 0.5) is 10.1 Å². The molecule has 2 aliphatic heterocycles. The summed E-state index contributed by atoms with van der Waals surface area (Å²) in [6.07, 6.45) is -1.64. The Morgan fingerprint density at radius 1 is 1.08 bits per heavy atom. The molecule has 6 rings (SSSR count). The maximum absolute atomic E-state index is 13.5. The van der Waals surface area contributed by atoms with Crippen molar-refractivity contribution < 1.29 is 24.1 Å². The molecule has 2 fully saturated rings. The third kappa shape index (κ3) is 5.07. The molecule has 8 nitrogen and oxygen atoms in total. The zero-order chi connectivity index (χ0) is 26.2. The number of benzene rings is 2. The lowest BCUT2D eigenvalue weighted by molar-refractivity contribution is -0.131. The van der Waals surface area contributed by atoms with Crippen LogP contribution in [0.1, 0.15) is 12.8 Å². The number of imidazole rings is 1. The van der Waals surface area contributed by atoms with Crippen LogP contribution in [0.3, 0.4) is 0 Å². The summed E-state index contributed by atoms with van der Waals surface area (Å²) in [6.45, 7) is 1.21. The van der Waals surface area contributed by atoms with Crippen LogP contribution < -0.4 is 9.64 Å². The van der Waals surface area contributed by atoms with E-state index in [9.17, 15) is 14.6 Å². The molecule has 2 aromatic heterocycles. The van der Waals surface area contributed by atoms with Crippen molar-refractivity contribution in [1.82, 2.24) is 15.0 Å². The molecule has 2 aliphatic rings. The van der Waals surface area contributed by atoms with E-state index in [1.54, 1.807) is 6.07 Å². The Morgan fingerprint density at radius 2 is 1.79 bits per heavy atom. The number of aromatic nitrogens is 3. The fraction of sp³-hybridized carbons (Fsp3) is 0.357. The smallest absolute Gasteiger partial charge is 0.296 e. The summed E-state index contributed by atoms with van der Waals surface area (Å²) in [7, 11) is 0. The van der Waals surface area contributed by atoms with Crippen LogP contribution in [0.5, 0.6) is 6.01 Å². The second kappa shape index (κ2) is 10.5. The minimum absolute atomic E-state index is 0.238. The molecule has 2 saturated heterocycles. The highest BCUT2D eigenvalue weighted by Gasteiger charge is 2.31. The summed E-state index contributed by atoms with van der Waals surface area (Å²) in [5, 5.41) is 19.8. The van der Waals surface area contributed by atoms with Crippen molar-refractivity contribution >= 4 is 28.5 Å². The summed E-state index contributed by atoms with van der Waals surface area (Å²) in [4.78, 5) is 14.3. The van der Waals surface area contributed by atoms with Crippen LogP contribution >= 0.6 is 11.6 Å². The lowest BCUT2D eigenvalue weighted by Crippen LogP contribution is -2.45. The van der Waals surface area contributed by atoms with Crippen molar-refractivity contribution in [2.45, 2.75) is 37.3 Å². The van der Waals surface area contributed by atoms with Gasteiger partial charge < -0.3 is 29.6 Å². The van der Waals surface area contributed by atoms with E-state index in [1.165, 1.54) is 0 Å². The highest BCUT2D eigenvalue weighted by Crippen LogP contribution is 2.32. The van der Waals surface area contributed by atoms with Gasteiger partial charge in [0, 0.05) is 30.8 Å². The zero-order valence-electron chi connectivity index (χ0n) is 20.6. The lowest BCUT2D eigenvalue weighted by atomic mass is 10.0. The highest BCUT2D eigenvalue weighted by molar-refractivity contribution is 6.33. The van der Waals surface area contributed by atoms with Gasteiger partial charge in [-0.3, -0.25) is 0 Å². The van der Waals surface area contributed by atoms with Gasteiger partial charge in [0.05, 0.1) is 35.6 Å². The van der Waals surface area contributed by atoms with Crippen LogP contribution in [-0.4, -0.2) is 76.0 Å². The average molecular weight is 539 g/mol. The number of hydrogen-bond donors (Lipinski definition) is 3. The fourth-order valence-electron chi connectivity index (χ4n) is 5.04. The minimum atomic E-state index is -0.808. The van der Waals surface area contributed by atoms with Gasteiger partial charge in [-0.1, -0.05) is 48.0 Å². The molecule has 0 aliphatic carbocycles. The second-order valence-corrected chi connectivity index (χ2v) is 10.2. The normalized spacial score (nSPS) is 23.7. The van der Waals surface area contributed by atoms with Gasteiger partial charge in [-0.05, 0) is 35.7 Å². The predicted molar refractivity (Wildman–Crippen MR) is 143 cm³/mol. The predicted octanol–water partition coefficient (Wildman–Crippen LogP) is 4.38. The number of aromatic amines is 1. The standard InChI is InChI=1S/C28H28ClFN4O4/c29-22-12-23-27(33-28(31-23)38-21-11-24(36)25(14-35)37-15-21)32-26(22)18-3-1-16(2-4-18)17-5-7-20(8-6-17)34-10-9-19(30)13-34/h1-8,12,19,21,24-25,35-36H,9-11,13-15H2,(H,31,32,33)/t19-,21-,24+,25-/m1/s1. The van der Waals surface area contributed by atoms with Gasteiger partial charge in [-0.15, -0.1) is 0 Å². The molecule has 198 valence electrons. The molecule has 10 heteroatoms. The molecular weight excluding hydrogens is 511 g/mol. The molecule has 3 N–H and O–H groups in total. The van der Waals surface area contributed by atoms with Gasteiger partial charge >= 0.3 is 0 Å². The largest absolute Gasteiger partial charge is 0.459 e. The maximum Gasteiger partial charge on any atom is 0.296 e. The minimum Gasteiger partial charge on any atom is -0.459 e. The number of rotatable bonds is 6. The molecule has 0 saturated carbocycles. The number of nitrogens with one attached hydrogen (secondary N) is 1. The first kappa shape index (κ1) is 25.1. The lowest BCUT2D eigenvalue weighted by Gasteiger charge is -2.31. The number of pyridine rings is 1. The van der Waals surface area contributed by atoms with Crippen molar-refractivity contribution in [1.29, 1.82) is 0 Å². The highest BCUT2D eigenvalue weighted by atomic mass is 35.5. The second-order valence-electron chi connectivity index (χ2n) is 9.79. The SMILES string of the molecule is OC[C@H]1OC[C@H](Oc2nc3nc(-c4ccc(-c5ccc(N6CC[C@@H](F)C6)cc5)cc4)c(Cl)cc3[nH]2)C[C@@H]1O. The zero-order valence-corrected chi connectivity index (χ0v) is 21.3. The van der Waals surface area contributed by atoms with Crippen molar-refractivity contribution in [3.63, 3.8) is 0 Å². The Labute approximate surface area is 224 Å². The van der Waals surface area contributed by atoms with Crippen molar-refractivity contribution in [3.05, 3.63) is 59.6 Å². The fourth-order valence-corrected chi connectivity index (χ4v) is 5.30. The summed E-state index contributed by atoms with van der Waals surface area (Å²) in [5.41, 5.74) is 5.72. The number of halogens is 2. The van der Waals surface area contributed by atoms with E-state index in [0.29, 0.717) is 41.3 Å². The van der Waals surface area contributed by atoms with Gasteiger partial charge in [-0.25, -0.2) is 9.37 Å². The van der Waals surface area contributed by atoms with Gasteiger partial charge in [0.25, 0.3) is 6.01 Å².